The molecule has 1 N–H and O–H groups in total. The summed E-state index contributed by atoms with van der Waals surface area (Å²) in [7, 11) is 0. The molecule has 21 heavy (non-hydrogen) atoms. The third-order valence-corrected chi connectivity index (χ3v) is 4.86. The van der Waals surface area contributed by atoms with Gasteiger partial charge in [-0.3, -0.25) is 4.79 Å². The summed E-state index contributed by atoms with van der Waals surface area (Å²) in [5.74, 6) is 0.0116. The minimum Gasteiger partial charge on any atom is -0.393 e. The van der Waals surface area contributed by atoms with Crippen molar-refractivity contribution in [2.45, 2.75) is 50.8 Å². The second kappa shape index (κ2) is 4.56. The number of aryl methyl sites for hydroxylation is 1. The predicted molar refractivity (Wildman–Crippen MR) is 78.1 cm³/mol. The lowest BCUT2D eigenvalue weighted by atomic mass is 9.99. The second-order valence-corrected chi connectivity index (χ2v) is 6.24. The van der Waals surface area contributed by atoms with Gasteiger partial charge in [0.05, 0.1) is 6.10 Å². The lowest BCUT2D eigenvalue weighted by molar-refractivity contribution is 0.0283. The number of carbonyl (C=O) groups excluding carboxylic acids is 1. The molecule has 2 unspecified atom stereocenters. The largest absolute Gasteiger partial charge is 0.393 e. The van der Waals surface area contributed by atoms with Crippen molar-refractivity contribution in [2.75, 3.05) is 0 Å². The van der Waals surface area contributed by atoms with Crippen molar-refractivity contribution >= 4 is 11.6 Å². The van der Waals surface area contributed by atoms with E-state index in [1.807, 2.05) is 40.6 Å². The molecule has 2 atom stereocenters. The summed E-state index contributed by atoms with van der Waals surface area (Å²) in [6.45, 7) is 2.00. The van der Waals surface area contributed by atoms with Gasteiger partial charge in [-0.05, 0) is 44.7 Å². The standard InChI is InChI=1S/C16H19N3O2/c1-10-3-2-4-15-17-14(9-18(10)15)16(21)19-11-5-6-12(19)8-13(20)7-11/h2-4,9,11-13,20H,5-8H2,1H3. The van der Waals surface area contributed by atoms with Crippen LogP contribution in [-0.4, -0.2) is 43.5 Å². The summed E-state index contributed by atoms with van der Waals surface area (Å²) >= 11 is 0. The van der Waals surface area contributed by atoms with E-state index in [0.717, 1.165) is 24.2 Å². The Hall–Kier alpha value is -1.88. The molecule has 2 aromatic rings. The van der Waals surface area contributed by atoms with Gasteiger partial charge >= 0.3 is 0 Å². The second-order valence-electron chi connectivity index (χ2n) is 6.24. The van der Waals surface area contributed by atoms with Crippen LogP contribution in [0.25, 0.3) is 5.65 Å². The Morgan fingerprint density at radius 1 is 1.29 bits per heavy atom. The first kappa shape index (κ1) is 12.8. The summed E-state index contributed by atoms with van der Waals surface area (Å²) in [5, 5.41) is 9.85. The number of rotatable bonds is 1. The topological polar surface area (TPSA) is 57.8 Å². The van der Waals surface area contributed by atoms with Gasteiger partial charge in [-0.15, -0.1) is 0 Å². The van der Waals surface area contributed by atoms with E-state index in [9.17, 15) is 9.90 Å². The molecule has 2 aliphatic heterocycles. The van der Waals surface area contributed by atoms with Crippen LogP contribution in [-0.2, 0) is 0 Å². The van der Waals surface area contributed by atoms with Crippen molar-refractivity contribution in [2.24, 2.45) is 0 Å². The first-order valence-electron chi connectivity index (χ1n) is 7.59. The zero-order valence-corrected chi connectivity index (χ0v) is 12.1. The van der Waals surface area contributed by atoms with E-state index in [4.69, 9.17) is 0 Å². The SMILES string of the molecule is Cc1cccc2nc(C(=O)N3C4CCC3CC(O)C4)cn12. The third-order valence-electron chi connectivity index (χ3n) is 4.86. The number of hydrogen-bond donors (Lipinski definition) is 1. The highest BCUT2D eigenvalue weighted by atomic mass is 16.3. The molecule has 0 saturated carbocycles. The number of aliphatic hydroxyl groups excluding tert-OH is 1. The zero-order chi connectivity index (χ0) is 14.6. The van der Waals surface area contributed by atoms with Gasteiger partial charge in [0.2, 0.25) is 0 Å². The molecule has 2 saturated heterocycles. The molecule has 4 heterocycles. The minimum absolute atomic E-state index is 0.0116. The van der Waals surface area contributed by atoms with E-state index in [1.54, 1.807) is 0 Å². The molecule has 0 spiro atoms. The fourth-order valence-corrected chi connectivity index (χ4v) is 3.86. The van der Waals surface area contributed by atoms with Crippen LogP contribution < -0.4 is 0 Å². The smallest absolute Gasteiger partial charge is 0.274 e. The molecule has 2 aliphatic rings. The van der Waals surface area contributed by atoms with Crippen LogP contribution in [0.5, 0.6) is 0 Å². The van der Waals surface area contributed by atoms with Crippen molar-refractivity contribution in [1.82, 2.24) is 14.3 Å². The molecule has 0 aromatic carbocycles. The molecule has 5 heteroatoms. The number of pyridine rings is 1. The van der Waals surface area contributed by atoms with E-state index >= 15 is 0 Å². The van der Waals surface area contributed by atoms with Gasteiger partial charge < -0.3 is 14.4 Å². The molecule has 5 nitrogen and oxygen atoms in total. The number of carbonyl (C=O) groups is 1. The first-order valence-corrected chi connectivity index (χ1v) is 7.59. The number of piperidine rings is 1. The van der Waals surface area contributed by atoms with Crippen LogP contribution in [0.2, 0.25) is 0 Å². The summed E-state index contributed by atoms with van der Waals surface area (Å²) < 4.78 is 1.95. The highest BCUT2D eigenvalue weighted by molar-refractivity contribution is 5.93. The number of hydrogen-bond acceptors (Lipinski definition) is 3. The Morgan fingerprint density at radius 3 is 2.67 bits per heavy atom. The lowest BCUT2D eigenvalue weighted by Gasteiger charge is -2.36. The van der Waals surface area contributed by atoms with Crippen molar-refractivity contribution in [3.8, 4) is 0 Å². The Kier molecular flexibility index (Phi) is 2.79. The first-order chi connectivity index (χ1) is 10.1. The fourth-order valence-electron chi connectivity index (χ4n) is 3.86. The Bertz CT molecular complexity index is 695. The van der Waals surface area contributed by atoms with Gasteiger partial charge in [0, 0.05) is 24.0 Å². The molecule has 0 aliphatic carbocycles. The molecule has 0 radical (unpaired) electrons. The lowest BCUT2D eigenvalue weighted by Crippen LogP contribution is -2.48. The molecule has 2 fully saturated rings. The van der Waals surface area contributed by atoms with Gasteiger partial charge in [0.25, 0.3) is 5.91 Å². The zero-order valence-electron chi connectivity index (χ0n) is 12.1. The van der Waals surface area contributed by atoms with Crippen molar-refractivity contribution in [3.63, 3.8) is 0 Å². The van der Waals surface area contributed by atoms with Gasteiger partial charge in [0.15, 0.2) is 0 Å². The number of imidazole rings is 1. The van der Waals surface area contributed by atoms with Crippen molar-refractivity contribution in [3.05, 3.63) is 35.8 Å². The van der Waals surface area contributed by atoms with E-state index in [0.29, 0.717) is 18.5 Å². The van der Waals surface area contributed by atoms with E-state index in [-0.39, 0.29) is 24.1 Å². The van der Waals surface area contributed by atoms with Gasteiger partial charge in [-0.25, -0.2) is 4.98 Å². The van der Waals surface area contributed by atoms with Gasteiger partial charge in [-0.1, -0.05) is 6.07 Å². The molecular formula is C16H19N3O2. The Labute approximate surface area is 123 Å². The van der Waals surface area contributed by atoms with Crippen molar-refractivity contribution in [1.29, 1.82) is 0 Å². The normalized spacial score (nSPS) is 28.3. The van der Waals surface area contributed by atoms with Crippen LogP contribution in [0.3, 0.4) is 0 Å². The van der Waals surface area contributed by atoms with Crippen LogP contribution in [0.4, 0.5) is 0 Å². The summed E-state index contributed by atoms with van der Waals surface area (Å²) in [6.07, 6.45) is 4.98. The van der Waals surface area contributed by atoms with E-state index in [2.05, 4.69) is 4.98 Å². The molecule has 2 bridgehead atoms. The number of nitrogens with zero attached hydrogens (tertiary/aromatic N) is 3. The number of aliphatic hydroxyl groups is 1. The summed E-state index contributed by atoms with van der Waals surface area (Å²) in [4.78, 5) is 19.3. The highest BCUT2D eigenvalue weighted by Crippen LogP contribution is 2.36. The molecule has 2 aromatic heterocycles. The molecule has 4 rings (SSSR count). The van der Waals surface area contributed by atoms with Crippen LogP contribution in [0.15, 0.2) is 24.4 Å². The Morgan fingerprint density at radius 2 is 2.00 bits per heavy atom. The average Bonchev–Trinajstić information content (AvgIpc) is 2.99. The summed E-state index contributed by atoms with van der Waals surface area (Å²) in [6, 6.07) is 6.23. The quantitative estimate of drug-likeness (QED) is 0.868. The monoisotopic (exact) mass is 285 g/mol. The fraction of sp³-hybridized carbons (Fsp3) is 0.500. The maximum Gasteiger partial charge on any atom is 0.274 e. The average molecular weight is 285 g/mol. The van der Waals surface area contributed by atoms with Crippen molar-refractivity contribution < 1.29 is 9.90 Å². The van der Waals surface area contributed by atoms with E-state index < -0.39 is 0 Å². The minimum atomic E-state index is -0.255. The Balaban J connectivity index is 1.69. The number of aromatic nitrogens is 2. The highest BCUT2D eigenvalue weighted by Gasteiger charge is 2.43. The number of amides is 1. The summed E-state index contributed by atoms with van der Waals surface area (Å²) in [5.41, 5.74) is 2.39. The van der Waals surface area contributed by atoms with Crippen LogP contribution >= 0.6 is 0 Å². The van der Waals surface area contributed by atoms with Crippen LogP contribution in [0.1, 0.15) is 41.9 Å². The third kappa shape index (κ3) is 1.95. The predicted octanol–water partition coefficient (Wildman–Crippen LogP) is 1.77. The van der Waals surface area contributed by atoms with Gasteiger partial charge in [-0.2, -0.15) is 0 Å². The molecule has 1 amide bonds. The van der Waals surface area contributed by atoms with Gasteiger partial charge in [0.1, 0.15) is 11.3 Å². The van der Waals surface area contributed by atoms with E-state index in [1.165, 1.54) is 0 Å². The molecular weight excluding hydrogens is 266 g/mol. The molecule has 110 valence electrons. The number of fused-ring (bicyclic) bond motifs is 3. The maximum absolute atomic E-state index is 12.8. The van der Waals surface area contributed by atoms with Crippen LogP contribution in [0, 0.1) is 6.92 Å². The maximum atomic E-state index is 12.8.